The summed E-state index contributed by atoms with van der Waals surface area (Å²) in [6.07, 6.45) is 0. The molecule has 3 heteroatoms. The second-order valence-corrected chi connectivity index (χ2v) is 4.65. The second-order valence-electron chi connectivity index (χ2n) is 4.65. The highest BCUT2D eigenvalue weighted by Gasteiger charge is 2.13. The van der Waals surface area contributed by atoms with Crippen molar-refractivity contribution >= 4 is 0 Å². The van der Waals surface area contributed by atoms with Crippen LogP contribution in [0.15, 0.2) is 36.4 Å². The average molecular weight is 255 g/mol. The maximum atomic E-state index is 5.76. The Morgan fingerprint density at radius 3 is 2.63 bits per heavy atom. The average Bonchev–Trinajstić information content (AvgIpc) is 2.47. The molecule has 0 aromatic heterocycles. The molecule has 2 aromatic rings. The normalized spacial score (nSPS) is 13.4. The fourth-order valence-corrected chi connectivity index (χ4v) is 2.43. The second kappa shape index (κ2) is 4.94. The molecule has 2 N–H and O–H groups in total. The van der Waals surface area contributed by atoms with Gasteiger partial charge in [-0.3, -0.25) is 0 Å². The van der Waals surface area contributed by atoms with E-state index in [2.05, 4.69) is 25.1 Å². The van der Waals surface area contributed by atoms with E-state index >= 15 is 0 Å². The van der Waals surface area contributed by atoms with E-state index in [0.717, 1.165) is 17.1 Å². The van der Waals surface area contributed by atoms with Gasteiger partial charge in [-0.15, -0.1) is 0 Å². The lowest BCUT2D eigenvalue weighted by Gasteiger charge is -2.19. The van der Waals surface area contributed by atoms with Gasteiger partial charge in [-0.05, 0) is 41.3 Å². The molecule has 0 atom stereocenters. The fraction of sp³-hybridized carbons (Fsp3) is 0.250. The third-order valence-corrected chi connectivity index (χ3v) is 3.52. The van der Waals surface area contributed by atoms with E-state index in [-0.39, 0.29) is 0 Å². The monoisotopic (exact) mass is 255 g/mol. The molecule has 1 aliphatic heterocycles. The number of benzene rings is 2. The molecule has 19 heavy (non-hydrogen) atoms. The van der Waals surface area contributed by atoms with Crippen LogP contribution in [0, 0.1) is 6.92 Å². The highest BCUT2D eigenvalue weighted by molar-refractivity contribution is 5.71. The Bertz CT molecular complexity index is 608. The lowest BCUT2D eigenvalue weighted by molar-refractivity contribution is 0.171. The molecule has 0 saturated carbocycles. The Kier molecular flexibility index (Phi) is 3.13. The zero-order chi connectivity index (χ0) is 13.2. The van der Waals surface area contributed by atoms with Crippen LogP contribution >= 0.6 is 0 Å². The SMILES string of the molecule is Cc1c(CN)cccc1-c1ccc2c(c1)OCCO2. The van der Waals surface area contributed by atoms with E-state index < -0.39 is 0 Å². The zero-order valence-corrected chi connectivity index (χ0v) is 11.0. The van der Waals surface area contributed by atoms with Gasteiger partial charge in [0.2, 0.25) is 0 Å². The van der Waals surface area contributed by atoms with Crippen LogP contribution in [0.25, 0.3) is 11.1 Å². The van der Waals surface area contributed by atoms with Crippen molar-refractivity contribution in [3.05, 3.63) is 47.5 Å². The van der Waals surface area contributed by atoms with Crippen LogP contribution in [-0.4, -0.2) is 13.2 Å². The van der Waals surface area contributed by atoms with Crippen LogP contribution in [0.5, 0.6) is 11.5 Å². The van der Waals surface area contributed by atoms with Gasteiger partial charge in [0.25, 0.3) is 0 Å². The van der Waals surface area contributed by atoms with Crippen molar-refractivity contribution in [1.82, 2.24) is 0 Å². The molecule has 98 valence electrons. The molecule has 3 rings (SSSR count). The highest BCUT2D eigenvalue weighted by atomic mass is 16.6. The summed E-state index contributed by atoms with van der Waals surface area (Å²) in [4.78, 5) is 0. The number of ether oxygens (including phenoxy) is 2. The smallest absolute Gasteiger partial charge is 0.161 e. The highest BCUT2D eigenvalue weighted by Crippen LogP contribution is 2.35. The summed E-state index contributed by atoms with van der Waals surface area (Å²) in [6.45, 7) is 3.89. The van der Waals surface area contributed by atoms with Crippen LogP contribution < -0.4 is 15.2 Å². The lowest BCUT2D eigenvalue weighted by atomic mass is 9.96. The van der Waals surface area contributed by atoms with Crippen LogP contribution in [0.3, 0.4) is 0 Å². The maximum absolute atomic E-state index is 5.76. The minimum Gasteiger partial charge on any atom is -0.486 e. The van der Waals surface area contributed by atoms with Crippen molar-refractivity contribution in [1.29, 1.82) is 0 Å². The number of hydrogen-bond acceptors (Lipinski definition) is 3. The summed E-state index contributed by atoms with van der Waals surface area (Å²) in [5, 5.41) is 0. The molecule has 1 heterocycles. The van der Waals surface area contributed by atoms with Gasteiger partial charge in [0.05, 0.1) is 0 Å². The fourth-order valence-electron chi connectivity index (χ4n) is 2.43. The van der Waals surface area contributed by atoms with Gasteiger partial charge < -0.3 is 15.2 Å². The first kappa shape index (κ1) is 12.1. The van der Waals surface area contributed by atoms with Crippen molar-refractivity contribution in [3.8, 4) is 22.6 Å². The Labute approximate surface area is 113 Å². The van der Waals surface area contributed by atoms with E-state index in [1.807, 2.05) is 18.2 Å². The van der Waals surface area contributed by atoms with E-state index in [1.165, 1.54) is 16.7 Å². The van der Waals surface area contributed by atoms with Crippen molar-refractivity contribution < 1.29 is 9.47 Å². The van der Waals surface area contributed by atoms with Crippen molar-refractivity contribution in [3.63, 3.8) is 0 Å². The molecule has 3 nitrogen and oxygen atoms in total. The minimum atomic E-state index is 0.560. The quantitative estimate of drug-likeness (QED) is 0.897. The molecule has 0 bridgehead atoms. The van der Waals surface area contributed by atoms with E-state index in [9.17, 15) is 0 Å². The first-order valence-electron chi connectivity index (χ1n) is 6.48. The number of hydrogen-bond donors (Lipinski definition) is 1. The molecular weight excluding hydrogens is 238 g/mol. The summed E-state index contributed by atoms with van der Waals surface area (Å²) in [6, 6.07) is 12.3. The van der Waals surface area contributed by atoms with E-state index in [1.54, 1.807) is 0 Å². The molecule has 0 aliphatic carbocycles. The molecule has 0 radical (unpaired) electrons. The van der Waals surface area contributed by atoms with Gasteiger partial charge in [0.1, 0.15) is 13.2 Å². The van der Waals surface area contributed by atoms with Crippen LogP contribution in [-0.2, 0) is 6.54 Å². The summed E-state index contributed by atoms with van der Waals surface area (Å²) >= 11 is 0. The predicted octanol–water partition coefficient (Wildman–Crippen LogP) is 2.89. The standard InChI is InChI=1S/C16H17NO2/c1-11-13(10-17)3-2-4-14(11)12-5-6-15-16(9-12)19-8-7-18-15/h2-6,9H,7-8,10,17H2,1H3. The molecule has 0 spiro atoms. The van der Waals surface area contributed by atoms with Gasteiger partial charge >= 0.3 is 0 Å². The predicted molar refractivity (Wildman–Crippen MR) is 75.5 cm³/mol. The van der Waals surface area contributed by atoms with Gasteiger partial charge in [-0.1, -0.05) is 24.3 Å². The third-order valence-electron chi connectivity index (χ3n) is 3.52. The third kappa shape index (κ3) is 2.17. The summed E-state index contributed by atoms with van der Waals surface area (Å²) < 4.78 is 11.2. The Morgan fingerprint density at radius 2 is 1.84 bits per heavy atom. The lowest BCUT2D eigenvalue weighted by Crippen LogP contribution is -2.15. The topological polar surface area (TPSA) is 44.5 Å². The zero-order valence-electron chi connectivity index (χ0n) is 11.0. The summed E-state index contributed by atoms with van der Waals surface area (Å²) in [5.41, 5.74) is 10.5. The van der Waals surface area contributed by atoms with Crippen molar-refractivity contribution in [2.24, 2.45) is 5.73 Å². The van der Waals surface area contributed by atoms with Crippen molar-refractivity contribution in [2.45, 2.75) is 13.5 Å². The Balaban J connectivity index is 2.07. The number of nitrogens with two attached hydrogens (primary N) is 1. The Hall–Kier alpha value is -2.00. The van der Waals surface area contributed by atoms with Gasteiger partial charge in [-0.2, -0.15) is 0 Å². The number of fused-ring (bicyclic) bond motifs is 1. The molecule has 0 saturated heterocycles. The van der Waals surface area contributed by atoms with Crippen LogP contribution in [0.4, 0.5) is 0 Å². The van der Waals surface area contributed by atoms with Crippen molar-refractivity contribution in [2.75, 3.05) is 13.2 Å². The van der Waals surface area contributed by atoms with Gasteiger partial charge in [0, 0.05) is 6.54 Å². The first-order chi connectivity index (χ1) is 9.29. The summed E-state index contributed by atoms with van der Waals surface area (Å²) in [5.74, 6) is 1.64. The van der Waals surface area contributed by atoms with E-state index in [4.69, 9.17) is 15.2 Å². The van der Waals surface area contributed by atoms with Gasteiger partial charge in [0.15, 0.2) is 11.5 Å². The molecular formula is C16H17NO2. The van der Waals surface area contributed by atoms with E-state index in [0.29, 0.717) is 19.8 Å². The Morgan fingerprint density at radius 1 is 1.05 bits per heavy atom. The molecule has 0 fully saturated rings. The summed E-state index contributed by atoms with van der Waals surface area (Å²) in [7, 11) is 0. The molecule has 0 amide bonds. The van der Waals surface area contributed by atoms with Gasteiger partial charge in [-0.25, -0.2) is 0 Å². The largest absolute Gasteiger partial charge is 0.486 e. The van der Waals surface area contributed by atoms with Crippen LogP contribution in [0.1, 0.15) is 11.1 Å². The maximum Gasteiger partial charge on any atom is 0.161 e. The number of rotatable bonds is 2. The minimum absolute atomic E-state index is 0.560. The molecule has 0 unspecified atom stereocenters. The molecule has 1 aliphatic rings. The van der Waals surface area contributed by atoms with Crippen LogP contribution in [0.2, 0.25) is 0 Å². The molecule has 2 aromatic carbocycles. The first-order valence-corrected chi connectivity index (χ1v) is 6.48.